The monoisotopic (exact) mass is 1000 g/mol. The van der Waals surface area contributed by atoms with Crippen molar-refractivity contribution >= 4 is 75.1 Å². The molecule has 0 aromatic carbocycles. The molecule has 0 radical (unpaired) electrons. The number of carboxylic acids is 1. The third kappa shape index (κ3) is 20.1. The summed E-state index contributed by atoms with van der Waals surface area (Å²) in [6, 6.07) is 0. The van der Waals surface area contributed by atoms with E-state index < -0.39 is 90.5 Å². The van der Waals surface area contributed by atoms with Crippen molar-refractivity contribution in [3.63, 3.8) is 0 Å². The standard InChI is InChI=1S/C35H56N7O19P3S/c1-35(2,30(48)33(49)38-16-15-24(43)37-17-18-65-26(46)14-12-10-8-6-4-3-5-7-9-11-13-25(44)45)20-58-64(55,56)61-63(53,54)57-19-23-29(60-62(50,51)52)28(47)34(59-23)42-22-41-27-31(36)39-21-40-32(27)42/h3,5-6,8,21-23,28-30,34,47-48H,4,7,9-20H2,1-2H3,(H,37,43)(H,38,49)(H,44,45)(H,53,54)(H,55,56)(H2,36,39,40)(H2,50,51,52)/b5-3+,8-6+. The number of thioether (sulfide) groups is 1. The molecule has 30 heteroatoms. The number of unbranched alkanes of at least 4 members (excludes halogenated alkanes) is 3. The van der Waals surface area contributed by atoms with Crippen molar-refractivity contribution in [1.29, 1.82) is 0 Å². The number of carboxylic acid groups (broad SMARTS) is 1. The molecule has 2 aromatic heterocycles. The summed E-state index contributed by atoms with van der Waals surface area (Å²) in [4.78, 5) is 98.6. The Kier molecular flexibility index (Phi) is 22.5. The van der Waals surface area contributed by atoms with Crippen molar-refractivity contribution in [2.24, 2.45) is 5.41 Å². The van der Waals surface area contributed by atoms with Gasteiger partial charge in [-0.2, -0.15) is 4.31 Å². The number of aliphatic hydroxyl groups is 2. The third-order valence-electron chi connectivity index (χ3n) is 9.13. The molecule has 3 heterocycles. The number of anilines is 1. The highest BCUT2D eigenvalue weighted by Gasteiger charge is 2.50. The Balaban J connectivity index is 1.35. The smallest absolute Gasteiger partial charge is 0.481 e. The lowest BCUT2D eigenvalue weighted by Gasteiger charge is -2.30. The summed E-state index contributed by atoms with van der Waals surface area (Å²) in [5.41, 5.74) is 4.24. The van der Waals surface area contributed by atoms with Crippen molar-refractivity contribution in [3.8, 4) is 0 Å². The fraction of sp³-hybridized carbons (Fsp3) is 0.629. The number of carbonyl (C=O) groups excluding carboxylic acids is 3. The molecule has 2 aromatic rings. The largest absolute Gasteiger partial charge is 0.481 e. The number of carbonyl (C=O) groups is 4. The number of nitrogen functional groups attached to an aromatic ring is 1. The molecule has 0 aliphatic carbocycles. The van der Waals surface area contributed by atoms with Crippen LogP contribution in [0.25, 0.3) is 11.2 Å². The Morgan fingerprint density at radius 1 is 0.938 bits per heavy atom. The Hall–Kier alpha value is -3.49. The first-order chi connectivity index (χ1) is 30.4. The molecule has 11 N–H and O–H groups in total. The highest BCUT2D eigenvalue weighted by Crippen LogP contribution is 2.61. The number of hydrogen-bond acceptors (Lipinski definition) is 19. The number of aliphatic carboxylic acids is 1. The summed E-state index contributed by atoms with van der Waals surface area (Å²) in [5.74, 6) is -1.94. The van der Waals surface area contributed by atoms with Crippen LogP contribution in [0.1, 0.15) is 77.9 Å². The molecule has 26 nitrogen and oxygen atoms in total. The number of nitrogens with two attached hydrogens (primary N) is 1. The first-order valence-electron chi connectivity index (χ1n) is 20.0. The SMILES string of the molecule is CC(C)(COP(=O)(O)OP(=O)(O)OCC1OC(n2cnc3c(N)ncnc32)C(O)C1OP(=O)(O)O)C(O)C(=O)NCCC(=O)NCCSC(=O)CCC/C=C/C/C=C/CCCCC(=O)O. The van der Waals surface area contributed by atoms with Crippen molar-refractivity contribution in [1.82, 2.24) is 30.2 Å². The number of amides is 2. The molecule has 1 aliphatic heterocycles. The maximum Gasteiger partial charge on any atom is 0.481 e. The number of aromatic nitrogens is 4. The maximum absolute atomic E-state index is 12.7. The number of nitrogens with one attached hydrogen (secondary N) is 2. The number of nitrogens with zero attached hydrogens (tertiary/aromatic N) is 4. The first-order valence-corrected chi connectivity index (χ1v) is 25.5. The Bertz CT molecular complexity index is 2120. The topological polar surface area (TPSA) is 401 Å². The summed E-state index contributed by atoms with van der Waals surface area (Å²) in [7, 11) is -16.4. The van der Waals surface area contributed by atoms with Crippen LogP contribution in [0.15, 0.2) is 37.0 Å². The minimum Gasteiger partial charge on any atom is -0.481 e. The molecule has 0 saturated carbocycles. The van der Waals surface area contributed by atoms with Crippen LogP contribution < -0.4 is 16.4 Å². The fourth-order valence-electron chi connectivity index (χ4n) is 5.78. The molecule has 1 aliphatic rings. The second-order valence-corrected chi connectivity index (χ2v) is 20.4. The minimum atomic E-state index is -5.59. The van der Waals surface area contributed by atoms with Gasteiger partial charge < -0.3 is 56.0 Å². The van der Waals surface area contributed by atoms with Crippen LogP contribution in [0.3, 0.4) is 0 Å². The van der Waals surface area contributed by atoms with E-state index in [0.717, 1.165) is 54.7 Å². The lowest BCUT2D eigenvalue weighted by molar-refractivity contribution is -0.137. The van der Waals surface area contributed by atoms with Gasteiger partial charge in [0.05, 0.1) is 19.5 Å². The van der Waals surface area contributed by atoms with E-state index in [1.807, 2.05) is 24.3 Å². The van der Waals surface area contributed by atoms with Crippen LogP contribution in [-0.4, -0.2) is 134 Å². The van der Waals surface area contributed by atoms with E-state index in [-0.39, 0.29) is 48.0 Å². The Morgan fingerprint density at radius 2 is 1.62 bits per heavy atom. The Morgan fingerprint density at radius 3 is 2.29 bits per heavy atom. The summed E-state index contributed by atoms with van der Waals surface area (Å²) >= 11 is 1.08. The van der Waals surface area contributed by atoms with Gasteiger partial charge in [0.1, 0.15) is 36.3 Å². The first kappa shape index (κ1) is 55.8. The van der Waals surface area contributed by atoms with Gasteiger partial charge in [0.2, 0.25) is 11.8 Å². The number of rotatable bonds is 30. The van der Waals surface area contributed by atoms with Crippen molar-refractivity contribution in [2.45, 2.75) is 102 Å². The molecular weight excluding hydrogens is 947 g/mol. The highest BCUT2D eigenvalue weighted by molar-refractivity contribution is 8.13. The number of fused-ring (bicyclic) bond motifs is 1. The molecule has 65 heavy (non-hydrogen) atoms. The molecule has 2 amide bonds. The number of phosphoric ester groups is 3. The zero-order valence-electron chi connectivity index (χ0n) is 35.4. The molecule has 0 spiro atoms. The van der Waals surface area contributed by atoms with Crippen LogP contribution in [0.4, 0.5) is 5.82 Å². The van der Waals surface area contributed by atoms with E-state index in [1.54, 1.807) is 0 Å². The number of hydrogen-bond donors (Lipinski definition) is 10. The van der Waals surface area contributed by atoms with Crippen LogP contribution >= 0.6 is 35.2 Å². The highest BCUT2D eigenvalue weighted by atomic mass is 32.2. The summed E-state index contributed by atoms with van der Waals surface area (Å²) in [6.07, 6.45) is 6.04. The van der Waals surface area contributed by atoms with E-state index >= 15 is 0 Å². The number of aliphatic hydroxyl groups excluding tert-OH is 2. The molecule has 7 atom stereocenters. The van der Waals surface area contributed by atoms with Crippen LogP contribution in [0.5, 0.6) is 0 Å². The van der Waals surface area contributed by atoms with Gasteiger partial charge >= 0.3 is 29.4 Å². The molecule has 1 fully saturated rings. The second-order valence-electron chi connectivity index (χ2n) is 15.0. The number of imidazole rings is 1. The van der Waals surface area contributed by atoms with Crippen LogP contribution in [-0.2, 0) is 55.5 Å². The third-order valence-corrected chi connectivity index (χ3v) is 13.2. The van der Waals surface area contributed by atoms with Crippen molar-refractivity contribution in [3.05, 3.63) is 37.0 Å². The van der Waals surface area contributed by atoms with Gasteiger partial charge in [0, 0.05) is 43.5 Å². The molecule has 7 unspecified atom stereocenters. The molecule has 366 valence electrons. The molecule has 1 saturated heterocycles. The summed E-state index contributed by atoms with van der Waals surface area (Å²) in [6.45, 7) is 0.431. The lowest BCUT2D eigenvalue weighted by atomic mass is 9.87. The maximum atomic E-state index is 12.7. The number of phosphoric acid groups is 3. The normalized spacial score (nSPS) is 20.5. The summed E-state index contributed by atoms with van der Waals surface area (Å²) < 4.78 is 62.3. The van der Waals surface area contributed by atoms with Gasteiger partial charge in [0.25, 0.3) is 0 Å². The van der Waals surface area contributed by atoms with Crippen molar-refractivity contribution in [2.75, 3.05) is 37.8 Å². The van der Waals surface area contributed by atoms with Gasteiger partial charge in [0.15, 0.2) is 22.8 Å². The minimum absolute atomic E-state index is 0.0224. The Labute approximate surface area is 377 Å². The fourth-order valence-corrected chi connectivity index (χ4v) is 9.33. The number of allylic oxidation sites excluding steroid dienone is 4. The zero-order chi connectivity index (χ0) is 48.4. The predicted molar refractivity (Wildman–Crippen MR) is 230 cm³/mol. The van der Waals surface area contributed by atoms with Gasteiger partial charge in [-0.25, -0.2) is 28.6 Å². The zero-order valence-corrected chi connectivity index (χ0v) is 38.9. The average Bonchev–Trinajstić information content (AvgIpc) is 3.77. The van der Waals surface area contributed by atoms with E-state index in [0.29, 0.717) is 25.0 Å². The summed E-state index contributed by atoms with van der Waals surface area (Å²) in [5, 5.41) is 35.1. The van der Waals surface area contributed by atoms with Gasteiger partial charge in [-0.05, 0) is 38.5 Å². The molecule has 0 bridgehead atoms. The van der Waals surface area contributed by atoms with E-state index in [9.17, 15) is 62.7 Å². The van der Waals surface area contributed by atoms with E-state index in [1.165, 1.54) is 13.8 Å². The van der Waals surface area contributed by atoms with E-state index in [2.05, 4.69) is 34.4 Å². The van der Waals surface area contributed by atoms with Crippen LogP contribution in [0, 0.1) is 5.41 Å². The predicted octanol–water partition coefficient (Wildman–Crippen LogP) is 1.98. The van der Waals surface area contributed by atoms with Gasteiger partial charge in [-0.3, -0.25) is 37.3 Å². The molecular formula is C35H56N7O19P3S. The quantitative estimate of drug-likeness (QED) is 0.0304. The lowest BCUT2D eigenvalue weighted by Crippen LogP contribution is -2.46. The van der Waals surface area contributed by atoms with Crippen LogP contribution in [0.2, 0.25) is 0 Å². The van der Waals surface area contributed by atoms with E-state index in [4.69, 9.17) is 24.6 Å². The molecule has 3 rings (SSSR count). The van der Waals surface area contributed by atoms with Gasteiger partial charge in [-0.1, -0.05) is 49.9 Å². The second kappa shape index (κ2) is 26.2. The van der Waals surface area contributed by atoms with Gasteiger partial charge in [-0.15, -0.1) is 0 Å². The number of ether oxygens (including phenoxy) is 1. The van der Waals surface area contributed by atoms with Crippen molar-refractivity contribution < 1.29 is 90.4 Å². The average molecular weight is 1000 g/mol.